The second-order valence-corrected chi connectivity index (χ2v) is 25.4. The van der Waals surface area contributed by atoms with Crippen molar-refractivity contribution in [2.45, 2.75) is 162 Å². The molecule has 440 valence electrons. The molecule has 0 amide bonds. The van der Waals surface area contributed by atoms with Gasteiger partial charge in [0.25, 0.3) is 0 Å². The molecule has 87 heavy (non-hydrogen) atoms. The van der Waals surface area contributed by atoms with Gasteiger partial charge in [-0.15, -0.1) is 0 Å². The van der Waals surface area contributed by atoms with Crippen molar-refractivity contribution >= 4 is 38.9 Å². The molecule has 0 atom stereocenters. The first-order valence-corrected chi connectivity index (χ1v) is 33.5. The number of hydrogen-bond acceptors (Lipinski definition) is 1. The smallest absolute Gasteiger partial charge is 0.0541 e. The fraction of sp³-hybridized carbons (Fsp3) is 0.294. The van der Waals surface area contributed by atoms with Crippen molar-refractivity contribution in [1.29, 1.82) is 0 Å². The van der Waals surface area contributed by atoms with Crippen molar-refractivity contribution in [2.75, 3.05) is 4.90 Å². The van der Waals surface area contributed by atoms with Gasteiger partial charge in [0.05, 0.1) is 11.0 Å². The number of anilines is 3. The van der Waals surface area contributed by atoms with Crippen LogP contribution in [0.2, 0.25) is 0 Å². The van der Waals surface area contributed by atoms with Crippen molar-refractivity contribution in [3.63, 3.8) is 0 Å². The van der Waals surface area contributed by atoms with Gasteiger partial charge >= 0.3 is 0 Å². The van der Waals surface area contributed by atoms with Gasteiger partial charge in [-0.25, -0.2) is 0 Å². The van der Waals surface area contributed by atoms with E-state index in [9.17, 15) is 0 Å². The van der Waals surface area contributed by atoms with Crippen LogP contribution in [-0.4, -0.2) is 4.57 Å². The van der Waals surface area contributed by atoms with Crippen molar-refractivity contribution in [3.8, 4) is 61.3 Å². The number of para-hydroxylation sites is 1. The lowest BCUT2D eigenvalue weighted by atomic mass is 9.70. The molecule has 0 unspecified atom stereocenters. The summed E-state index contributed by atoms with van der Waals surface area (Å²) in [6.45, 7) is 11.4. The Hall–Kier alpha value is -8.20. The summed E-state index contributed by atoms with van der Waals surface area (Å²) >= 11 is 0. The van der Waals surface area contributed by atoms with E-state index >= 15 is 0 Å². The molecule has 0 bridgehead atoms. The van der Waals surface area contributed by atoms with Crippen molar-refractivity contribution in [2.24, 2.45) is 0 Å². The average molecular weight is 1140 g/mol. The van der Waals surface area contributed by atoms with E-state index in [0.717, 1.165) is 29.2 Å². The van der Waals surface area contributed by atoms with Crippen LogP contribution in [-0.2, 0) is 11.8 Å². The highest BCUT2D eigenvalue weighted by atomic mass is 15.1. The van der Waals surface area contributed by atoms with Crippen LogP contribution < -0.4 is 4.90 Å². The summed E-state index contributed by atoms with van der Waals surface area (Å²) in [5.74, 6) is 0. The SMILES string of the molecule is CCCCCCCCC1(CCCCCCCC)c2cc(C)ccc2-c2ccc(-c3ccc(N(c4ccc(C)cc4)c4ccc(-c5ccc6c(c5)c5ccccc5n6-c5cccc(-c6ccc(-c7ccc(CCCCCC)cc7)cc6)c5)cc4)cc3)cc21. The summed E-state index contributed by atoms with van der Waals surface area (Å²) in [5, 5.41) is 2.50. The Kier molecular flexibility index (Phi) is 18.8. The Balaban J connectivity index is 0.811. The summed E-state index contributed by atoms with van der Waals surface area (Å²) in [5.41, 5.74) is 27.1. The zero-order chi connectivity index (χ0) is 59.5. The quantitative estimate of drug-likeness (QED) is 0.0466. The molecule has 2 heteroatoms. The predicted molar refractivity (Wildman–Crippen MR) is 377 cm³/mol. The molecule has 0 fully saturated rings. The summed E-state index contributed by atoms with van der Waals surface area (Å²) in [7, 11) is 0. The number of rotatable bonds is 27. The van der Waals surface area contributed by atoms with Crippen LogP contribution in [0.15, 0.2) is 224 Å². The van der Waals surface area contributed by atoms with Crippen LogP contribution in [0.3, 0.4) is 0 Å². The molecule has 0 saturated heterocycles. The molecule has 12 rings (SSSR count). The molecule has 0 spiro atoms. The Labute approximate surface area is 521 Å². The van der Waals surface area contributed by atoms with E-state index in [1.54, 1.807) is 11.1 Å². The van der Waals surface area contributed by atoms with Gasteiger partial charge in [0.2, 0.25) is 0 Å². The lowest BCUT2D eigenvalue weighted by Gasteiger charge is -2.33. The first-order valence-electron chi connectivity index (χ1n) is 33.5. The highest BCUT2D eigenvalue weighted by Crippen LogP contribution is 2.55. The van der Waals surface area contributed by atoms with E-state index in [-0.39, 0.29) is 5.41 Å². The van der Waals surface area contributed by atoms with E-state index in [1.807, 2.05) is 0 Å². The third-order valence-electron chi connectivity index (χ3n) is 19.2. The lowest BCUT2D eigenvalue weighted by Crippen LogP contribution is -2.25. The summed E-state index contributed by atoms with van der Waals surface area (Å²) in [4.78, 5) is 2.41. The highest BCUT2D eigenvalue weighted by Gasteiger charge is 2.42. The average Bonchev–Trinajstić information content (AvgIpc) is 1.63. The van der Waals surface area contributed by atoms with Crippen LogP contribution in [0.25, 0.3) is 83.1 Å². The van der Waals surface area contributed by atoms with E-state index in [0.29, 0.717) is 0 Å². The highest BCUT2D eigenvalue weighted by molar-refractivity contribution is 6.10. The Morgan fingerprint density at radius 1 is 0.322 bits per heavy atom. The molecule has 1 aromatic heterocycles. The van der Waals surface area contributed by atoms with Gasteiger partial charge in [-0.05, 0) is 185 Å². The summed E-state index contributed by atoms with van der Waals surface area (Å²) in [6.07, 6.45) is 24.7. The second-order valence-electron chi connectivity index (χ2n) is 25.4. The van der Waals surface area contributed by atoms with Gasteiger partial charge in [-0.3, -0.25) is 0 Å². The maximum Gasteiger partial charge on any atom is 0.0541 e. The second kappa shape index (κ2) is 27.7. The van der Waals surface area contributed by atoms with E-state index in [2.05, 4.69) is 269 Å². The number of benzene rings is 10. The van der Waals surface area contributed by atoms with Crippen LogP contribution in [0.1, 0.15) is 164 Å². The fourth-order valence-corrected chi connectivity index (χ4v) is 14.3. The van der Waals surface area contributed by atoms with E-state index in [1.165, 1.54) is 210 Å². The number of aryl methyl sites for hydroxylation is 3. The summed E-state index contributed by atoms with van der Waals surface area (Å²) < 4.78 is 2.44. The number of unbranched alkanes of at least 4 members (excludes halogenated alkanes) is 13. The first-order chi connectivity index (χ1) is 42.8. The molecule has 10 aromatic carbocycles. The molecule has 1 heterocycles. The minimum atomic E-state index is 0.0457. The largest absolute Gasteiger partial charge is 0.311 e. The van der Waals surface area contributed by atoms with Crippen LogP contribution >= 0.6 is 0 Å². The number of hydrogen-bond donors (Lipinski definition) is 0. The topological polar surface area (TPSA) is 8.17 Å². The third-order valence-corrected chi connectivity index (χ3v) is 19.2. The molecule has 0 N–H and O–H groups in total. The van der Waals surface area contributed by atoms with Crippen LogP contribution in [0.4, 0.5) is 17.1 Å². The van der Waals surface area contributed by atoms with Crippen molar-refractivity contribution in [3.05, 3.63) is 252 Å². The Morgan fingerprint density at radius 3 is 1.37 bits per heavy atom. The molecule has 1 aliphatic carbocycles. The van der Waals surface area contributed by atoms with Crippen LogP contribution in [0.5, 0.6) is 0 Å². The van der Waals surface area contributed by atoms with E-state index in [4.69, 9.17) is 0 Å². The van der Waals surface area contributed by atoms with Gasteiger partial charge in [0.1, 0.15) is 0 Å². The van der Waals surface area contributed by atoms with Gasteiger partial charge in [-0.2, -0.15) is 0 Å². The molecule has 0 aliphatic heterocycles. The molecular weight excluding hydrogens is 1050 g/mol. The number of fused-ring (bicyclic) bond motifs is 6. The molecule has 0 saturated carbocycles. The molecule has 1 aliphatic rings. The van der Waals surface area contributed by atoms with Gasteiger partial charge in [0, 0.05) is 38.9 Å². The maximum atomic E-state index is 2.60. The Morgan fingerprint density at radius 2 is 0.759 bits per heavy atom. The monoisotopic (exact) mass is 1140 g/mol. The van der Waals surface area contributed by atoms with Crippen LogP contribution in [0, 0.1) is 13.8 Å². The number of nitrogens with zero attached hydrogens (tertiary/aromatic N) is 2. The van der Waals surface area contributed by atoms with E-state index < -0.39 is 0 Å². The number of aromatic nitrogens is 1. The van der Waals surface area contributed by atoms with Gasteiger partial charge in [0.15, 0.2) is 0 Å². The van der Waals surface area contributed by atoms with Crippen molar-refractivity contribution < 1.29 is 0 Å². The molecular formula is C85H90N2. The zero-order valence-corrected chi connectivity index (χ0v) is 52.7. The Bertz CT molecular complexity index is 4030. The summed E-state index contributed by atoms with van der Waals surface area (Å²) in [6, 6.07) is 85.6. The minimum Gasteiger partial charge on any atom is -0.311 e. The van der Waals surface area contributed by atoms with Crippen molar-refractivity contribution in [1.82, 2.24) is 4.57 Å². The predicted octanol–water partition coefficient (Wildman–Crippen LogP) is 25.4. The molecule has 2 nitrogen and oxygen atoms in total. The maximum absolute atomic E-state index is 2.60. The zero-order valence-electron chi connectivity index (χ0n) is 52.7. The normalized spacial score (nSPS) is 12.5. The molecule has 11 aromatic rings. The fourth-order valence-electron chi connectivity index (χ4n) is 14.3. The minimum absolute atomic E-state index is 0.0457. The van der Waals surface area contributed by atoms with Gasteiger partial charge < -0.3 is 9.47 Å². The molecule has 0 radical (unpaired) electrons. The lowest BCUT2D eigenvalue weighted by molar-refractivity contribution is 0.398. The standard InChI is InChI=1S/C85H90N2/c1-6-9-12-15-17-22-56-85(57-23-18-16-13-10-7-2)81-58-63(5)32-53-77(81)78-54-45-72(61-82(78)85)69-43-51-75(52-44-69)86(73-47-30-62(4)31-48-73)74-49-41-68(42-50-74)71-46-55-84-80(60-71)79-28-20-21-29-83(79)87(84)76-27-24-26-70(59-76)67-39-37-66(38-40-67)65-35-33-64(34-36-65)25-19-14-11-8-3/h20-21,24,26-55,58-61H,6-19,22-23,25,56-57H2,1-5H3. The van der Waals surface area contributed by atoms with Gasteiger partial charge in [-0.1, -0.05) is 280 Å². The third kappa shape index (κ3) is 12.9. The first kappa shape index (κ1) is 59.1.